The number of allylic oxidation sites excluding steroid dienone is 2. The van der Waals surface area contributed by atoms with Gasteiger partial charge in [-0.1, -0.05) is 6.07 Å². The van der Waals surface area contributed by atoms with Crippen LogP contribution in [0.1, 0.15) is 51.0 Å². The van der Waals surface area contributed by atoms with E-state index in [0.29, 0.717) is 25.6 Å². The van der Waals surface area contributed by atoms with Gasteiger partial charge in [0.1, 0.15) is 29.9 Å². The maximum absolute atomic E-state index is 10.2. The van der Waals surface area contributed by atoms with Gasteiger partial charge in [-0.3, -0.25) is 4.99 Å². The van der Waals surface area contributed by atoms with Crippen LogP contribution in [0.5, 0.6) is 5.75 Å². The van der Waals surface area contributed by atoms with Crippen molar-refractivity contribution in [3.63, 3.8) is 0 Å². The van der Waals surface area contributed by atoms with Gasteiger partial charge in [0.25, 0.3) is 5.84 Å². The number of hydrogen-bond acceptors (Lipinski definition) is 6. The predicted octanol–water partition coefficient (Wildman–Crippen LogP) is 3.16. The molecule has 1 unspecified atom stereocenters. The van der Waals surface area contributed by atoms with Crippen molar-refractivity contribution in [3.8, 4) is 5.75 Å². The molecule has 3 fully saturated rings. The first-order chi connectivity index (χ1) is 14.9. The Bertz CT molecular complexity index is 1040. The Morgan fingerprint density at radius 2 is 2.10 bits per heavy atom. The number of aliphatic hydroxyl groups is 1. The minimum Gasteiger partial charge on any atom is -0.491 e. The molecule has 1 saturated carbocycles. The summed E-state index contributed by atoms with van der Waals surface area (Å²) in [5.41, 5.74) is 1.99. The third-order valence-corrected chi connectivity index (χ3v) is 7.44. The van der Waals surface area contributed by atoms with Crippen LogP contribution in [0.25, 0.3) is 0 Å². The van der Waals surface area contributed by atoms with E-state index in [2.05, 4.69) is 4.99 Å². The van der Waals surface area contributed by atoms with Gasteiger partial charge < -0.3 is 14.6 Å². The lowest BCUT2D eigenvalue weighted by atomic mass is 9.70. The average Bonchev–Trinajstić information content (AvgIpc) is 3.42. The molecular weight excluding hydrogens is 392 g/mol. The zero-order valence-corrected chi connectivity index (χ0v) is 17.8. The summed E-state index contributed by atoms with van der Waals surface area (Å²) in [6.07, 6.45) is 11.6. The summed E-state index contributed by atoms with van der Waals surface area (Å²) in [7, 11) is 0. The van der Waals surface area contributed by atoms with Crippen LogP contribution in [0.3, 0.4) is 0 Å². The normalized spacial score (nSPS) is 40.2. The van der Waals surface area contributed by atoms with E-state index >= 15 is 0 Å². The van der Waals surface area contributed by atoms with Crippen LogP contribution in [-0.4, -0.2) is 45.7 Å². The fourth-order valence-electron chi connectivity index (χ4n) is 5.73. The van der Waals surface area contributed by atoms with Crippen molar-refractivity contribution in [2.24, 2.45) is 21.7 Å². The number of rotatable bonds is 5. The first kappa shape index (κ1) is 19.4. The van der Waals surface area contributed by atoms with Gasteiger partial charge in [0.15, 0.2) is 0 Å². The van der Waals surface area contributed by atoms with Crippen molar-refractivity contribution < 1.29 is 19.2 Å². The van der Waals surface area contributed by atoms with Crippen molar-refractivity contribution in [1.82, 2.24) is 0 Å². The molecular formula is C24H29N4O3+. The van der Waals surface area contributed by atoms with E-state index < -0.39 is 5.60 Å². The van der Waals surface area contributed by atoms with E-state index in [0.717, 1.165) is 54.2 Å². The van der Waals surface area contributed by atoms with E-state index in [1.165, 1.54) is 0 Å². The Labute approximate surface area is 182 Å². The highest BCUT2D eigenvalue weighted by atomic mass is 16.6. The minimum absolute atomic E-state index is 0.00431. The monoisotopic (exact) mass is 421 g/mol. The maximum Gasteiger partial charge on any atom is 0.265 e. The van der Waals surface area contributed by atoms with Crippen LogP contribution >= 0.6 is 0 Å². The van der Waals surface area contributed by atoms with Crippen molar-refractivity contribution in [2.75, 3.05) is 6.61 Å². The lowest BCUT2D eigenvalue weighted by Gasteiger charge is -2.40. The maximum atomic E-state index is 10.2. The zero-order valence-electron chi connectivity index (χ0n) is 17.8. The number of quaternary nitrogens is 1. The molecule has 0 aromatic heterocycles. The van der Waals surface area contributed by atoms with E-state index in [-0.39, 0.29) is 16.1 Å². The summed E-state index contributed by atoms with van der Waals surface area (Å²) in [6, 6.07) is 7.99. The topological polar surface area (TPSA) is 89.4 Å². The van der Waals surface area contributed by atoms with Gasteiger partial charge in [-0.05, 0) is 63.6 Å². The second kappa shape index (κ2) is 6.59. The van der Waals surface area contributed by atoms with Crippen molar-refractivity contribution in [3.05, 3.63) is 53.6 Å². The smallest absolute Gasteiger partial charge is 0.265 e. The predicted molar refractivity (Wildman–Crippen MR) is 117 cm³/mol. The molecule has 1 aromatic carbocycles. The minimum atomic E-state index is -0.628. The molecule has 0 amide bonds. The molecule has 0 radical (unpaired) electrons. The van der Waals surface area contributed by atoms with E-state index in [1.807, 2.05) is 37.4 Å². The van der Waals surface area contributed by atoms with Gasteiger partial charge in [-0.25, -0.2) is 0 Å². The molecule has 31 heavy (non-hydrogen) atoms. The Morgan fingerprint density at radius 3 is 2.81 bits per heavy atom. The summed E-state index contributed by atoms with van der Waals surface area (Å²) in [5, 5.41) is 10.2. The Kier molecular flexibility index (Phi) is 4.12. The fraction of sp³-hybridized carbons (Fsp3) is 0.500. The van der Waals surface area contributed by atoms with Crippen LogP contribution in [-0.2, 0) is 4.74 Å². The van der Waals surface area contributed by atoms with Gasteiger partial charge in [-0.15, -0.1) is 4.59 Å². The number of nitrogens with zero attached hydrogens (tertiary/aromatic N) is 3. The van der Waals surface area contributed by atoms with Gasteiger partial charge in [0.2, 0.25) is 5.70 Å². The zero-order chi connectivity index (χ0) is 21.3. The third-order valence-electron chi connectivity index (χ3n) is 7.44. The van der Waals surface area contributed by atoms with Crippen LogP contribution in [0.2, 0.25) is 0 Å². The second-order valence-electron chi connectivity index (χ2n) is 9.98. The first-order valence-corrected chi connectivity index (χ1v) is 11.2. The Balaban J connectivity index is 1.27. The molecule has 6 rings (SSSR count). The third kappa shape index (κ3) is 3.10. The van der Waals surface area contributed by atoms with Crippen LogP contribution in [0.15, 0.2) is 58.0 Å². The molecule has 2 bridgehead atoms. The summed E-state index contributed by atoms with van der Waals surface area (Å²) in [5.74, 6) is 8.58. The summed E-state index contributed by atoms with van der Waals surface area (Å²) >= 11 is 0. The molecule has 4 heterocycles. The number of benzene rings is 1. The number of hydrogen-bond donors (Lipinski definition) is 2. The highest BCUT2D eigenvalue weighted by Crippen LogP contribution is 2.47. The molecule has 1 atom stereocenters. The van der Waals surface area contributed by atoms with E-state index in [1.54, 1.807) is 12.4 Å². The SMILES string of the molecule is CC1(O)CC(C2=C3C=NC=C[N+]3(N)C(c3cccc(OCC45CCC(CC4)O5)c3)=N2)C1. The molecule has 5 aliphatic rings. The molecule has 3 N–H and O–H groups in total. The van der Waals surface area contributed by atoms with E-state index in [9.17, 15) is 5.11 Å². The molecule has 7 nitrogen and oxygen atoms in total. The number of aliphatic imine (C=N–C) groups is 2. The van der Waals surface area contributed by atoms with Crippen LogP contribution < -0.4 is 10.6 Å². The van der Waals surface area contributed by atoms with Crippen molar-refractivity contribution >= 4 is 12.1 Å². The summed E-state index contributed by atoms with van der Waals surface area (Å²) in [4.78, 5) is 9.29. The number of fused-ring (bicyclic) bond motifs is 3. The second-order valence-corrected chi connectivity index (χ2v) is 9.98. The Hall–Kier alpha value is -2.32. The lowest BCUT2D eigenvalue weighted by Crippen LogP contribution is -2.53. The van der Waals surface area contributed by atoms with Gasteiger partial charge in [0.05, 0.1) is 29.7 Å². The van der Waals surface area contributed by atoms with Gasteiger partial charge >= 0.3 is 0 Å². The van der Waals surface area contributed by atoms with Gasteiger partial charge in [-0.2, -0.15) is 10.8 Å². The quantitative estimate of drug-likeness (QED) is 0.565. The van der Waals surface area contributed by atoms with Crippen LogP contribution in [0.4, 0.5) is 0 Å². The molecule has 0 spiro atoms. The highest BCUT2D eigenvalue weighted by molar-refractivity contribution is 6.00. The largest absolute Gasteiger partial charge is 0.491 e. The molecule has 4 aliphatic heterocycles. The Morgan fingerprint density at radius 1 is 1.29 bits per heavy atom. The van der Waals surface area contributed by atoms with Crippen molar-refractivity contribution in [1.29, 1.82) is 0 Å². The van der Waals surface area contributed by atoms with Crippen molar-refractivity contribution in [2.45, 2.75) is 62.8 Å². The fourth-order valence-corrected chi connectivity index (χ4v) is 5.73. The standard InChI is InChI=1S/C24H29N4O3/c1-23(29)12-17(13-23)21-20-14-26-9-10-28(20,25)22(27-21)16-3-2-4-19(11-16)30-15-24-7-5-18(31-24)6-8-24/h2-4,9-11,14,17-18,29H,5-8,12-13,15,25H2,1H3/q+1. The number of ether oxygens (including phenoxy) is 2. The molecule has 1 aromatic rings. The lowest BCUT2D eigenvalue weighted by molar-refractivity contribution is -0.750. The first-order valence-electron chi connectivity index (χ1n) is 11.2. The molecule has 1 aliphatic carbocycles. The average molecular weight is 422 g/mol. The van der Waals surface area contributed by atoms with Gasteiger partial charge in [0, 0.05) is 5.92 Å². The van der Waals surface area contributed by atoms with Crippen LogP contribution in [0, 0.1) is 5.92 Å². The molecule has 162 valence electrons. The number of nitrogens with two attached hydrogens (primary N) is 1. The molecule has 7 heteroatoms. The van der Waals surface area contributed by atoms with E-state index in [4.69, 9.17) is 20.3 Å². The highest BCUT2D eigenvalue weighted by Gasteiger charge is 2.51. The number of amidine groups is 1. The summed E-state index contributed by atoms with van der Waals surface area (Å²) in [6.45, 7) is 2.45. The molecule has 2 saturated heterocycles. The summed E-state index contributed by atoms with van der Waals surface area (Å²) < 4.78 is 12.3.